The van der Waals surface area contributed by atoms with E-state index in [1.807, 2.05) is 18.2 Å². The summed E-state index contributed by atoms with van der Waals surface area (Å²) < 4.78 is 64.6. The molecule has 0 saturated heterocycles. The van der Waals surface area contributed by atoms with Crippen molar-refractivity contribution in [2.24, 2.45) is 0 Å². The summed E-state index contributed by atoms with van der Waals surface area (Å²) in [5.74, 6) is -3.21. The van der Waals surface area contributed by atoms with Gasteiger partial charge in [-0.2, -0.15) is 13.2 Å². The fraction of sp³-hybridized carbons (Fsp3) is 0.231. The van der Waals surface area contributed by atoms with E-state index in [1.54, 1.807) is 24.8 Å². The molecule has 0 aromatic carbocycles. The van der Waals surface area contributed by atoms with Gasteiger partial charge in [-0.05, 0) is 10.7 Å². The summed E-state index contributed by atoms with van der Waals surface area (Å²) in [4.78, 5) is 11.8. The summed E-state index contributed by atoms with van der Waals surface area (Å²) in [6, 6.07) is 5.63. The van der Waals surface area contributed by atoms with Crippen LogP contribution in [-0.2, 0) is 21.5 Å². The maximum absolute atomic E-state index is 10.6. The van der Waals surface area contributed by atoms with Crippen molar-refractivity contribution in [3.8, 4) is 11.1 Å². The number of halogens is 3. The van der Waals surface area contributed by atoms with E-state index in [9.17, 15) is 26.1 Å². The number of aryl methyl sites for hydroxylation is 1. The lowest BCUT2D eigenvalue weighted by atomic mass is 10.1. The Morgan fingerprint density at radius 3 is 2.20 bits per heavy atom. The number of hydrogen-bond donors (Lipinski definition) is 1. The highest BCUT2D eigenvalue weighted by molar-refractivity contribution is 7.85. The van der Waals surface area contributed by atoms with Gasteiger partial charge in [-0.3, -0.25) is 0 Å². The number of aromatic nitrogens is 3. The Bertz CT molecular complexity index is 796. The number of alkyl halides is 3. The van der Waals surface area contributed by atoms with E-state index < -0.39 is 28.0 Å². The summed E-state index contributed by atoms with van der Waals surface area (Å²) in [5.41, 5.74) is 1.93. The monoisotopic (exact) mass is 380 g/mol. The molecule has 25 heavy (non-hydrogen) atoms. The quantitative estimate of drug-likeness (QED) is 0.589. The van der Waals surface area contributed by atoms with E-state index in [0.717, 1.165) is 11.1 Å². The maximum Gasteiger partial charge on any atom is 0.490 e. The number of carbonyl (C=O) groups is 1. The van der Waals surface area contributed by atoms with Crippen LogP contribution in [0.2, 0.25) is 0 Å². The molecule has 0 radical (unpaired) electrons. The molecule has 0 unspecified atom stereocenters. The van der Waals surface area contributed by atoms with Crippen LogP contribution in [-0.4, -0.2) is 41.1 Å². The molecule has 0 amide bonds. The Kier molecular flexibility index (Phi) is 6.94. The van der Waals surface area contributed by atoms with Crippen molar-refractivity contribution < 1.29 is 45.7 Å². The molecule has 0 aliphatic carbocycles. The summed E-state index contributed by atoms with van der Waals surface area (Å²) in [5, 5.41) is 11.2. The van der Waals surface area contributed by atoms with Crippen LogP contribution in [0.5, 0.6) is 0 Å². The molecule has 2 aromatic heterocycles. The van der Waals surface area contributed by atoms with Crippen LogP contribution in [0.25, 0.3) is 11.1 Å². The van der Waals surface area contributed by atoms with E-state index in [4.69, 9.17) is 9.90 Å². The number of hydrogen-bond acceptors (Lipinski definition) is 5. The van der Waals surface area contributed by atoms with Crippen LogP contribution in [0, 0.1) is 0 Å². The van der Waals surface area contributed by atoms with Crippen molar-refractivity contribution in [3.63, 3.8) is 0 Å². The lowest BCUT2D eigenvalue weighted by molar-refractivity contribution is -0.750. The van der Waals surface area contributed by atoms with E-state index >= 15 is 0 Å². The largest absolute Gasteiger partial charge is 0.748 e. The highest BCUT2D eigenvalue weighted by Gasteiger charge is 2.38. The number of nitrogens with zero attached hydrogens (tertiary/aromatic N) is 2. The van der Waals surface area contributed by atoms with Gasteiger partial charge in [0.25, 0.3) is 0 Å². The number of aromatic amines is 1. The SMILES string of the molecule is O=C(O)C(F)(F)F.O=S(=O)([O-])CC[n+]1ccc(-c2cc[nH+]cc2)cn1. The second-order valence-electron chi connectivity index (χ2n) is 4.53. The molecule has 2 heterocycles. The molecule has 2 rings (SSSR count). The van der Waals surface area contributed by atoms with Crippen molar-refractivity contribution in [3.05, 3.63) is 43.0 Å². The highest BCUT2D eigenvalue weighted by Crippen LogP contribution is 2.14. The maximum atomic E-state index is 10.6. The zero-order valence-corrected chi connectivity index (χ0v) is 13.3. The van der Waals surface area contributed by atoms with Gasteiger partial charge in [0.05, 0.1) is 5.75 Å². The minimum absolute atomic E-state index is 0.0642. The molecule has 0 bridgehead atoms. The van der Waals surface area contributed by atoms with Crippen molar-refractivity contribution >= 4 is 16.1 Å². The zero-order valence-electron chi connectivity index (χ0n) is 12.5. The summed E-state index contributed by atoms with van der Waals surface area (Å²) >= 11 is 0. The van der Waals surface area contributed by atoms with Gasteiger partial charge in [0, 0.05) is 23.8 Å². The van der Waals surface area contributed by atoms with Crippen LogP contribution < -0.4 is 9.67 Å². The van der Waals surface area contributed by atoms with Gasteiger partial charge in [0.1, 0.15) is 16.3 Å². The topological polar surface area (TPSA) is 125 Å². The second-order valence-corrected chi connectivity index (χ2v) is 6.06. The van der Waals surface area contributed by atoms with E-state index in [1.165, 1.54) is 4.68 Å². The number of pyridine rings is 1. The Labute approximate surface area is 140 Å². The molecule has 2 N–H and O–H groups in total. The minimum atomic E-state index is -5.08. The Morgan fingerprint density at radius 1 is 1.24 bits per heavy atom. The first kappa shape index (κ1) is 20.4. The van der Waals surface area contributed by atoms with Crippen LogP contribution in [0.4, 0.5) is 13.2 Å². The molecule has 2 aromatic rings. The minimum Gasteiger partial charge on any atom is -0.748 e. The summed E-state index contributed by atoms with van der Waals surface area (Å²) in [6.07, 6.45) is 1.81. The summed E-state index contributed by atoms with van der Waals surface area (Å²) in [6.45, 7) is 0.0642. The van der Waals surface area contributed by atoms with E-state index in [2.05, 4.69) is 10.1 Å². The molecule has 0 saturated carbocycles. The van der Waals surface area contributed by atoms with Gasteiger partial charge in [-0.15, -0.1) is 0 Å². The molecular formula is C13H13F3N3O5S+. The van der Waals surface area contributed by atoms with Crippen LogP contribution in [0.1, 0.15) is 0 Å². The third kappa shape index (κ3) is 8.17. The van der Waals surface area contributed by atoms with Gasteiger partial charge in [0.15, 0.2) is 25.1 Å². The van der Waals surface area contributed by atoms with Crippen molar-refractivity contribution in [2.75, 3.05) is 5.75 Å². The average molecular weight is 380 g/mol. The van der Waals surface area contributed by atoms with Gasteiger partial charge in [-0.1, -0.05) is 4.68 Å². The Balaban J connectivity index is 0.000000381. The third-order valence-electron chi connectivity index (χ3n) is 2.64. The molecule has 0 spiro atoms. The van der Waals surface area contributed by atoms with Crippen molar-refractivity contribution in [1.29, 1.82) is 0 Å². The van der Waals surface area contributed by atoms with Crippen LogP contribution in [0.15, 0.2) is 43.0 Å². The zero-order chi connectivity index (χ0) is 19.1. The molecule has 0 aliphatic heterocycles. The molecule has 136 valence electrons. The smallest absolute Gasteiger partial charge is 0.490 e. The predicted octanol–water partition coefficient (Wildman–Crippen LogP) is 0.0287. The third-order valence-corrected chi connectivity index (χ3v) is 3.32. The summed E-state index contributed by atoms with van der Waals surface area (Å²) in [7, 11) is -4.20. The number of rotatable bonds is 4. The van der Waals surface area contributed by atoms with Crippen LogP contribution >= 0.6 is 0 Å². The molecule has 0 atom stereocenters. The molecule has 0 aliphatic rings. The average Bonchev–Trinajstić information content (AvgIpc) is 2.53. The van der Waals surface area contributed by atoms with Crippen LogP contribution in [0.3, 0.4) is 0 Å². The fourth-order valence-corrected chi connectivity index (χ4v) is 1.88. The van der Waals surface area contributed by atoms with E-state index in [0.29, 0.717) is 0 Å². The lowest BCUT2D eigenvalue weighted by Crippen LogP contribution is -2.40. The van der Waals surface area contributed by atoms with Crippen molar-refractivity contribution in [2.45, 2.75) is 12.7 Å². The number of carboxylic acid groups (broad SMARTS) is 1. The Hall–Kier alpha value is -2.60. The van der Waals surface area contributed by atoms with Gasteiger partial charge in [0.2, 0.25) is 0 Å². The first-order chi connectivity index (χ1) is 11.5. The Morgan fingerprint density at radius 2 is 1.80 bits per heavy atom. The number of aliphatic carboxylic acids is 1. The molecule has 12 heteroatoms. The number of H-pyrrole nitrogens is 1. The van der Waals surface area contributed by atoms with E-state index in [-0.39, 0.29) is 6.54 Å². The lowest BCUT2D eigenvalue weighted by Gasteiger charge is -2.02. The number of nitrogens with one attached hydrogen (secondary N) is 1. The molecule has 0 fully saturated rings. The predicted molar refractivity (Wildman–Crippen MR) is 74.7 cm³/mol. The van der Waals surface area contributed by atoms with Crippen molar-refractivity contribution in [1.82, 2.24) is 5.10 Å². The standard InChI is InChI=1S/C11H11N3O3S.C2HF3O2/c15-18(16,17)8-7-14-6-3-11(9-13-14)10-1-4-12-5-2-10;3-2(4,5)1(6)7/h1-6,9H,7-8H2;(H,6,7)/p+1. The normalized spacial score (nSPS) is 11.4. The molecule has 8 nitrogen and oxygen atoms in total. The first-order valence-electron chi connectivity index (χ1n) is 6.55. The second kappa shape index (κ2) is 8.48. The first-order valence-corrected chi connectivity index (χ1v) is 8.13. The van der Waals surface area contributed by atoms with Gasteiger partial charge < -0.3 is 9.66 Å². The molecular weight excluding hydrogens is 367 g/mol. The fourth-order valence-electron chi connectivity index (χ4n) is 1.47. The highest BCUT2D eigenvalue weighted by atomic mass is 32.2. The van der Waals surface area contributed by atoms with Gasteiger partial charge in [-0.25, -0.2) is 18.2 Å². The van der Waals surface area contributed by atoms with Gasteiger partial charge >= 0.3 is 12.1 Å². The number of carboxylic acids is 1.